The summed E-state index contributed by atoms with van der Waals surface area (Å²) in [5.74, 6) is -0.627. The number of hydrogen-bond donors (Lipinski definition) is 2. The normalized spacial score (nSPS) is 16.9. The molecule has 5 heteroatoms. The Morgan fingerprint density at radius 1 is 1.40 bits per heavy atom. The number of pyridine rings is 1. The molecule has 1 heterocycles. The smallest absolute Gasteiger partial charge is 0.252 e. The molecule has 1 aromatic heterocycles. The molecular formula is C15H14ClN3O. The van der Waals surface area contributed by atoms with E-state index in [0.29, 0.717) is 5.02 Å². The number of benzene rings is 1. The van der Waals surface area contributed by atoms with Gasteiger partial charge < -0.3 is 10.3 Å². The van der Waals surface area contributed by atoms with Crippen molar-refractivity contribution >= 4 is 17.5 Å². The molecule has 3 rings (SSSR count). The van der Waals surface area contributed by atoms with Crippen LogP contribution in [-0.4, -0.2) is 10.5 Å². The van der Waals surface area contributed by atoms with Crippen LogP contribution in [0.4, 0.5) is 0 Å². The Kier molecular flexibility index (Phi) is 3.10. The van der Waals surface area contributed by atoms with Gasteiger partial charge in [0.2, 0.25) is 0 Å². The van der Waals surface area contributed by atoms with Crippen molar-refractivity contribution in [1.82, 2.24) is 4.57 Å². The molecule has 20 heavy (non-hydrogen) atoms. The van der Waals surface area contributed by atoms with Crippen LogP contribution in [-0.2, 0) is 6.42 Å². The summed E-state index contributed by atoms with van der Waals surface area (Å²) in [7, 11) is 0. The molecule has 0 spiro atoms. The van der Waals surface area contributed by atoms with E-state index in [0.717, 1.165) is 12.8 Å². The lowest BCUT2D eigenvalue weighted by molar-refractivity contribution is 0.0997. The lowest BCUT2D eigenvalue weighted by atomic mass is 10.1. The number of aromatic nitrogens is 1. The Morgan fingerprint density at radius 2 is 2.15 bits per heavy atom. The fourth-order valence-corrected chi connectivity index (χ4v) is 3.05. The molecule has 0 bridgehead atoms. The first-order valence-electron chi connectivity index (χ1n) is 6.42. The van der Waals surface area contributed by atoms with E-state index in [4.69, 9.17) is 22.7 Å². The fraction of sp³-hybridized carbons (Fsp3) is 0.200. The molecule has 1 aliphatic rings. The van der Waals surface area contributed by atoms with E-state index in [-0.39, 0.29) is 17.1 Å². The number of amides is 1. The lowest BCUT2D eigenvalue weighted by Gasteiger charge is -2.18. The second kappa shape index (κ2) is 4.80. The summed E-state index contributed by atoms with van der Waals surface area (Å²) >= 11 is 6.06. The van der Waals surface area contributed by atoms with E-state index >= 15 is 0 Å². The van der Waals surface area contributed by atoms with Crippen LogP contribution in [0.25, 0.3) is 0 Å². The average molecular weight is 288 g/mol. The van der Waals surface area contributed by atoms with Gasteiger partial charge >= 0.3 is 0 Å². The van der Waals surface area contributed by atoms with Crippen molar-refractivity contribution in [3.05, 3.63) is 63.7 Å². The molecule has 4 nitrogen and oxygen atoms in total. The van der Waals surface area contributed by atoms with E-state index < -0.39 is 5.91 Å². The quantitative estimate of drug-likeness (QED) is 0.874. The van der Waals surface area contributed by atoms with Crippen molar-refractivity contribution in [3.63, 3.8) is 0 Å². The van der Waals surface area contributed by atoms with Crippen LogP contribution in [0.3, 0.4) is 0 Å². The van der Waals surface area contributed by atoms with Crippen molar-refractivity contribution in [2.24, 2.45) is 5.73 Å². The topological polar surface area (TPSA) is 71.9 Å². The van der Waals surface area contributed by atoms with Crippen LogP contribution in [0.15, 0.2) is 36.5 Å². The summed E-state index contributed by atoms with van der Waals surface area (Å²) < 4.78 is 1.74. The molecule has 0 radical (unpaired) electrons. The predicted octanol–water partition coefficient (Wildman–Crippen LogP) is 2.26. The van der Waals surface area contributed by atoms with E-state index in [2.05, 4.69) is 12.1 Å². The highest BCUT2D eigenvalue weighted by Crippen LogP contribution is 2.33. The lowest BCUT2D eigenvalue weighted by Crippen LogP contribution is -2.31. The minimum atomic E-state index is -0.627. The number of carbonyl (C=O) groups excluding carboxylic acids is 1. The van der Waals surface area contributed by atoms with Gasteiger partial charge in [-0.1, -0.05) is 35.9 Å². The van der Waals surface area contributed by atoms with E-state index in [1.54, 1.807) is 10.8 Å². The van der Waals surface area contributed by atoms with Gasteiger partial charge in [0.15, 0.2) is 0 Å². The SMILES string of the molecule is N=c1c(C(N)=O)cc(Cl)cn1C1CCc2ccccc21. The monoisotopic (exact) mass is 287 g/mol. The average Bonchev–Trinajstić information content (AvgIpc) is 2.84. The first-order chi connectivity index (χ1) is 9.58. The van der Waals surface area contributed by atoms with E-state index in [1.165, 1.54) is 17.2 Å². The van der Waals surface area contributed by atoms with Gasteiger partial charge in [-0.2, -0.15) is 0 Å². The van der Waals surface area contributed by atoms with E-state index in [9.17, 15) is 4.79 Å². The van der Waals surface area contributed by atoms with Gasteiger partial charge in [-0.25, -0.2) is 0 Å². The zero-order chi connectivity index (χ0) is 14.3. The second-order valence-corrected chi connectivity index (χ2v) is 5.38. The number of nitrogens with one attached hydrogen (secondary N) is 1. The zero-order valence-electron chi connectivity index (χ0n) is 10.8. The maximum Gasteiger partial charge on any atom is 0.252 e. The third kappa shape index (κ3) is 2.02. The molecule has 3 N–H and O–H groups in total. The molecule has 2 aromatic rings. The van der Waals surface area contributed by atoms with Gasteiger partial charge in [0.1, 0.15) is 5.49 Å². The molecule has 1 amide bonds. The highest BCUT2D eigenvalue weighted by atomic mass is 35.5. The molecule has 102 valence electrons. The van der Waals surface area contributed by atoms with Gasteiger partial charge in [-0.15, -0.1) is 0 Å². The number of nitrogens with two attached hydrogens (primary N) is 1. The molecule has 0 saturated carbocycles. The van der Waals surface area contributed by atoms with E-state index in [1.807, 2.05) is 12.1 Å². The summed E-state index contributed by atoms with van der Waals surface area (Å²) in [6, 6.07) is 9.64. The Labute approximate surface area is 121 Å². The number of halogens is 1. The maximum absolute atomic E-state index is 11.4. The summed E-state index contributed by atoms with van der Waals surface area (Å²) in [5.41, 5.74) is 8.05. The number of hydrogen-bond acceptors (Lipinski definition) is 2. The molecule has 1 atom stereocenters. The van der Waals surface area contributed by atoms with Crippen LogP contribution in [0, 0.1) is 5.41 Å². The van der Waals surface area contributed by atoms with Crippen LogP contribution in [0.1, 0.15) is 33.9 Å². The van der Waals surface area contributed by atoms with Crippen molar-refractivity contribution in [1.29, 1.82) is 5.41 Å². The first-order valence-corrected chi connectivity index (χ1v) is 6.79. The van der Waals surface area contributed by atoms with Crippen LogP contribution in [0.2, 0.25) is 5.02 Å². The molecule has 1 aromatic carbocycles. The molecular weight excluding hydrogens is 274 g/mol. The van der Waals surface area contributed by atoms with Gasteiger partial charge in [0.05, 0.1) is 16.6 Å². The molecule has 0 fully saturated rings. The number of aryl methyl sites for hydroxylation is 1. The summed E-state index contributed by atoms with van der Waals surface area (Å²) in [6.45, 7) is 0. The molecule has 1 aliphatic carbocycles. The number of nitrogens with zero attached hydrogens (tertiary/aromatic N) is 1. The maximum atomic E-state index is 11.4. The van der Waals surface area contributed by atoms with Gasteiger partial charge in [-0.3, -0.25) is 10.2 Å². The van der Waals surface area contributed by atoms with Crippen LogP contribution < -0.4 is 11.2 Å². The summed E-state index contributed by atoms with van der Waals surface area (Å²) in [6.07, 6.45) is 3.56. The zero-order valence-corrected chi connectivity index (χ0v) is 11.5. The summed E-state index contributed by atoms with van der Waals surface area (Å²) in [5, 5.41) is 8.60. The third-order valence-electron chi connectivity index (χ3n) is 3.76. The molecule has 1 unspecified atom stereocenters. The van der Waals surface area contributed by atoms with Gasteiger partial charge in [0, 0.05) is 6.20 Å². The Balaban J connectivity index is 2.17. The van der Waals surface area contributed by atoms with Crippen LogP contribution >= 0.6 is 11.6 Å². The minimum Gasteiger partial charge on any atom is -0.365 e. The Morgan fingerprint density at radius 3 is 2.90 bits per heavy atom. The van der Waals surface area contributed by atoms with Crippen molar-refractivity contribution < 1.29 is 4.79 Å². The van der Waals surface area contributed by atoms with Crippen molar-refractivity contribution in [2.75, 3.05) is 0 Å². The number of rotatable bonds is 2. The first kappa shape index (κ1) is 12.9. The Bertz CT molecular complexity index is 751. The second-order valence-electron chi connectivity index (χ2n) is 4.95. The third-order valence-corrected chi connectivity index (χ3v) is 3.97. The standard InChI is InChI=1S/C15H14ClN3O/c16-10-7-12(15(18)20)14(17)19(8-10)13-6-5-9-3-1-2-4-11(9)13/h1-4,7-8,13,17H,5-6H2,(H2,18,20). The van der Waals surface area contributed by atoms with Crippen molar-refractivity contribution in [2.45, 2.75) is 18.9 Å². The molecule has 0 saturated heterocycles. The van der Waals surface area contributed by atoms with Crippen molar-refractivity contribution in [3.8, 4) is 0 Å². The summed E-state index contributed by atoms with van der Waals surface area (Å²) in [4.78, 5) is 11.4. The molecule has 0 aliphatic heterocycles. The van der Waals surface area contributed by atoms with Crippen LogP contribution in [0.5, 0.6) is 0 Å². The van der Waals surface area contributed by atoms with Gasteiger partial charge in [0.25, 0.3) is 5.91 Å². The largest absolute Gasteiger partial charge is 0.365 e. The Hall–Kier alpha value is -2.07. The van der Waals surface area contributed by atoms with Gasteiger partial charge in [-0.05, 0) is 30.0 Å². The minimum absolute atomic E-state index is 0.0375. The highest BCUT2D eigenvalue weighted by Gasteiger charge is 2.24. The predicted molar refractivity (Wildman–Crippen MR) is 76.7 cm³/mol. The number of primary amides is 1. The fourth-order valence-electron chi connectivity index (χ4n) is 2.84. The number of fused-ring (bicyclic) bond motifs is 1. The highest BCUT2D eigenvalue weighted by molar-refractivity contribution is 6.30. The number of carbonyl (C=O) groups is 1.